The molecule has 0 aliphatic carbocycles. The number of pyridine rings is 1. The molecule has 110 valence electrons. The Bertz CT molecular complexity index is 764. The van der Waals surface area contributed by atoms with Gasteiger partial charge in [-0.3, -0.25) is 4.98 Å². The van der Waals surface area contributed by atoms with Crippen molar-refractivity contribution in [2.24, 2.45) is 0 Å². The minimum Gasteiger partial charge on any atom is -0.452 e. The summed E-state index contributed by atoms with van der Waals surface area (Å²) in [6.45, 7) is 1.84. The average Bonchev–Trinajstić information content (AvgIpc) is 3.03. The Hall–Kier alpha value is -2.95. The first-order chi connectivity index (χ1) is 10.7. The molecule has 5 nitrogen and oxygen atoms in total. The van der Waals surface area contributed by atoms with Crippen LogP contribution in [0.2, 0.25) is 0 Å². The minimum absolute atomic E-state index is 0.0143. The highest BCUT2D eigenvalue weighted by Crippen LogP contribution is 2.20. The Morgan fingerprint density at radius 1 is 1.09 bits per heavy atom. The molecule has 0 saturated heterocycles. The van der Waals surface area contributed by atoms with E-state index in [1.807, 2.05) is 37.3 Å². The molecule has 22 heavy (non-hydrogen) atoms. The van der Waals surface area contributed by atoms with Crippen molar-refractivity contribution in [2.45, 2.75) is 13.5 Å². The number of carbonyl (C=O) groups is 1. The molecule has 3 rings (SSSR count). The normalized spacial score (nSPS) is 10.4. The fraction of sp³-hybridized carbons (Fsp3) is 0.118. The number of rotatable bonds is 4. The van der Waals surface area contributed by atoms with Gasteiger partial charge in [-0.2, -0.15) is 0 Å². The van der Waals surface area contributed by atoms with Gasteiger partial charge in [0, 0.05) is 17.5 Å². The molecule has 5 heteroatoms. The highest BCUT2D eigenvalue weighted by Gasteiger charge is 2.11. The lowest BCUT2D eigenvalue weighted by Crippen LogP contribution is -2.05. The molecule has 2 heterocycles. The number of oxazole rings is 1. The van der Waals surface area contributed by atoms with E-state index in [0.29, 0.717) is 17.2 Å². The second kappa shape index (κ2) is 6.22. The van der Waals surface area contributed by atoms with Crippen LogP contribution < -0.4 is 0 Å². The van der Waals surface area contributed by atoms with Gasteiger partial charge in [0.2, 0.25) is 5.89 Å². The van der Waals surface area contributed by atoms with Crippen molar-refractivity contribution in [3.63, 3.8) is 0 Å². The summed E-state index contributed by atoms with van der Waals surface area (Å²) in [5.74, 6) is 0.544. The summed E-state index contributed by atoms with van der Waals surface area (Å²) < 4.78 is 10.7. The van der Waals surface area contributed by atoms with Gasteiger partial charge in [-0.15, -0.1) is 0 Å². The zero-order valence-electron chi connectivity index (χ0n) is 12.0. The molecule has 0 atom stereocenters. The number of ether oxygens (including phenoxy) is 1. The largest absolute Gasteiger partial charge is 0.452 e. The molecule has 0 fully saturated rings. The van der Waals surface area contributed by atoms with Crippen LogP contribution in [0.25, 0.3) is 11.3 Å². The summed E-state index contributed by atoms with van der Waals surface area (Å²) in [4.78, 5) is 20.0. The topological polar surface area (TPSA) is 65.2 Å². The number of esters is 1. The molecule has 0 bridgehead atoms. The van der Waals surface area contributed by atoms with Gasteiger partial charge in [-0.1, -0.05) is 30.3 Å². The standard InChI is InChI=1S/C17H14N2O3/c1-12-7-8-14(9-18-12)17(20)21-11-16-19-10-15(22-16)13-5-3-2-4-6-13/h2-10H,11H2,1H3. The summed E-state index contributed by atoms with van der Waals surface area (Å²) in [6.07, 6.45) is 3.11. The second-order valence-corrected chi connectivity index (χ2v) is 4.75. The van der Waals surface area contributed by atoms with Crippen molar-refractivity contribution in [1.29, 1.82) is 0 Å². The molecule has 0 radical (unpaired) electrons. The number of aromatic nitrogens is 2. The van der Waals surface area contributed by atoms with Gasteiger partial charge < -0.3 is 9.15 Å². The second-order valence-electron chi connectivity index (χ2n) is 4.75. The molecule has 0 spiro atoms. The maximum atomic E-state index is 11.9. The van der Waals surface area contributed by atoms with E-state index in [0.717, 1.165) is 11.3 Å². The van der Waals surface area contributed by atoms with E-state index in [1.54, 1.807) is 18.3 Å². The predicted molar refractivity (Wildman–Crippen MR) is 80.0 cm³/mol. The lowest BCUT2D eigenvalue weighted by Gasteiger charge is -2.02. The van der Waals surface area contributed by atoms with Crippen LogP contribution in [0.4, 0.5) is 0 Å². The average molecular weight is 294 g/mol. The van der Waals surface area contributed by atoms with Crippen LogP contribution in [0.1, 0.15) is 21.9 Å². The Kier molecular flexibility index (Phi) is 3.96. The van der Waals surface area contributed by atoms with Gasteiger partial charge >= 0.3 is 5.97 Å². The smallest absolute Gasteiger partial charge is 0.340 e. The number of aryl methyl sites for hydroxylation is 1. The third-order valence-electron chi connectivity index (χ3n) is 3.09. The quantitative estimate of drug-likeness (QED) is 0.690. The Balaban J connectivity index is 1.64. The van der Waals surface area contributed by atoms with E-state index in [2.05, 4.69) is 9.97 Å². The van der Waals surface area contributed by atoms with Crippen LogP contribution in [-0.2, 0) is 11.3 Å². The Labute approximate surface area is 127 Å². The predicted octanol–water partition coefficient (Wildman–Crippen LogP) is 3.40. The molecule has 0 aliphatic rings. The molecule has 1 aromatic carbocycles. The summed E-state index contributed by atoms with van der Waals surface area (Å²) in [5, 5.41) is 0. The van der Waals surface area contributed by atoms with Gasteiger partial charge in [0.25, 0.3) is 0 Å². The zero-order chi connectivity index (χ0) is 15.4. The molecule has 3 aromatic rings. The molecular weight excluding hydrogens is 280 g/mol. The number of hydrogen-bond donors (Lipinski definition) is 0. The summed E-state index contributed by atoms with van der Waals surface area (Å²) in [5.41, 5.74) is 2.17. The summed E-state index contributed by atoms with van der Waals surface area (Å²) in [6, 6.07) is 13.1. The SMILES string of the molecule is Cc1ccc(C(=O)OCc2ncc(-c3ccccc3)o2)cn1. The van der Waals surface area contributed by atoms with Crippen LogP contribution in [0.5, 0.6) is 0 Å². The maximum Gasteiger partial charge on any atom is 0.340 e. The first-order valence-electron chi connectivity index (χ1n) is 6.82. The molecule has 0 saturated carbocycles. The summed E-state index contributed by atoms with van der Waals surface area (Å²) >= 11 is 0. The third-order valence-corrected chi connectivity index (χ3v) is 3.09. The fourth-order valence-corrected chi connectivity index (χ4v) is 1.91. The van der Waals surface area contributed by atoms with Crippen molar-refractivity contribution in [2.75, 3.05) is 0 Å². The zero-order valence-corrected chi connectivity index (χ0v) is 12.0. The van der Waals surface area contributed by atoms with E-state index in [9.17, 15) is 4.79 Å². The molecule has 0 amide bonds. The fourth-order valence-electron chi connectivity index (χ4n) is 1.91. The van der Waals surface area contributed by atoms with Gasteiger partial charge in [0.15, 0.2) is 12.4 Å². The first kappa shape index (κ1) is 14.0. The monoisotopic (exact) mass is 294 g/mol. The van der Waals surface area contributed by atoms with Gasteiger partial charge in [0.05, 0.1) is 11.8 Å². The lowest BCUT2D eigenvalue weighted by molar-refractivity contribution is 0.0438. The highest BCUT2D eigenvalue weighted by atomic mass is 16.5. The molecule has 0 aliphatic heterocycles. The van der Waals surface area contributed by atoms with Crippen molar-refractivity contribution in [3.8, 4) is 11.3 Å². The number of nitrogens with zero attached hydrogens (tertiary/aromatic N) is 2. The maximum absolute atomic E-state index is 11.9. The van der Waals surface area contributed by atoms with E-state index < -0.39 is 5.97 Å². The van der Waals surface area contributed by atoms with Crippen molar-refractivity contribution < 1.29 is 13.9 Å². The molecule has 2 aromatic heterocycles. The van der Waals surface area contributed by atoms with Crippen LogP contribution in [0.15, 0.2) is 59.3 Å². The van der Waals surface area contributed by atoms with Gasteiger partial charge in [0.1, 0.15) is 0 Å². The molecule has 0 unspecified atom stereocenters. The minimum atomic E-state index is -0.452. The Morgan fingerprint density at radius 2 is 1.91 bits per heavy atom. The van der Waals surface area contributed by atoms with Crippen molar-refractivity contribution in [3.05, 3.63) is 72.0 Å². The van der Waals surface area contributed by atoms with E-state index in [4.69, 9.17) is 9.15 Å². The van der Waals surface area contributed by atoms with E-state index in [1.165, 1.54) is 6.20 Å². The third kappa shape index (κ3) is 3.20. The van der Waals surface area contributed by atoms with Crippen LogP contribution >= 0.6 is 0 Å². The van der Waals surface area contributed by atoms with Crippen LogP contribution in [0, 0.1) is 6.92 Å². The lowest BCUT2D eigenvalue weighted by atomic mass is 10.2. The van der Waals surface area contributed by atoms with Gasteiger partial charge in [-0.05, 0) is 19.1 Å². The summed E-state index contributed by atoms with van der Waals surface area (Å²) in [7, 11) is 0. The number of hydrogen-bond acceptors (Lipinski definition) is 5. The number of benzene rings is 1. The van der Waals surface area contributed by atoms with Crippen LogP contribution in [-0.4, -0.2) is 15.9 Å². The van der Waals surface area contributed by atoms with Crippen LogP contribution in [0.3, 0.4) is 0 Å². The first-order valence-corrected chi connectivity index (χ1v) is 6.82. The molecule has 0 N–H and O–H groups in total. The Morgan fingerprint density at radius 3 is 2.64 bits per heavy atom. The van der Waals surface area contributed by atoms with E-state index in [-0.39, 0.29) is 6.61 Å². The van der Waals surface area contributed by atoms with E-state index >= 15 is 0 Å². The van der Waals surface area contributed by atoms with Gasteiger partial charge in [-0.25, -0.2) is 9.78 Å². The highest BCUT2D eigenvalue weighted by molar-refractivity contribution is 5.88. The number of carbonyl (C=O) groups excluding carboxylic acids is 1. The molecular formula is C17H14N2O3. The van der Waals surface area contributed by atoms with Crippen molar-refractivity contribution in [1.82, 2.24) is 9.97 Å². The van der Waals surface area contributed by atoms with Crippen molar-refractivity contribution >= 4 is 5.97 Å².